The van der Waals surface area contributed by atoms with Gasteiger partial charge in [0, 0.05) is 0 Å². The summed E-state index contributed by atoms with van der Waals surface area (Å²) in [4.78, 5) is 11.2. The van der Waals surface area contributed by atoms with E-state index in [0.29, 0.717) is 0 Å². The zero-order chi connectivity index (χ0) is 13.3. The van der Waals surface area contributed by atoms with Crippen molar-refractivity contribution in [3.63, 3.8) is 0 Å². The van der Waals surface area contributed by atoms with Crippen LogP contribution in [0.5, 0.6) is 0 Å². The first-order valence-corrected chi connectivity index (χ1v) is 5.29. The van der Waals surface area contributed by atoms with Gasteiger partial charge in [-0.2, -0.15) is 0 Å². The molecule has 0 amide bonds. The highest BCUT2D eigenvalue weighted by Crippen LogP contribution is 2.40. The van der Waals surface area contributed by atoms with Crippen molar-refractivity contribution < 1.29 is 25.2 Å². The average molecular weight is 248 g/mol. The normalized spacial score (nSPS) is 27.3. The second kappa shape index (κ2) is 4.19. The van der Waals surface area contributed by atoms with Gasteiger partial charge in [0.1, 0.15) is 5.92 Å². The molecule has 0 saturated heterocycles. The SMILES string of the molecule is O=C(O)C1C=CC(O)=C(O)C1(O)c1ccccc1. The fourth-order valence-corrected chi connectivity index (χ4v) is 2.02. The molecular formula is C13H12O5. The largest absolute Gasteiger partial charge is 0.506 e. The number of aliphatic carboxylic acids is 1. The van der Waals surface area contributed by atoms with Crippen molar-refractivity contribution in [1.29, 1.82) is 0 Å². The van der Waals surface area contributed by atoms with Crippen molar-refractivity contribution in [2.75, 3.05) is 0 Å². The summed E-state index contributed by atoms with van der Waals surface area (Å²) in [6.45, 7) is 0. The lowest BCUT2D eigenvalue weighted by atomic mass is 9.76. The number of carbonyl (C=O) groups is 1. The molecule has 0 heterocycles. The van der Waals surface area contributed by atoms with Gasteiger partial charge in [-0.15, -0.1) is 0 Å². The molecule has 1 aromatic carbocycles. The third-order valence-corrected chi connectivity index (χ3v) is 2.98. The first-order valence-electron chi connectivity index (χ1n) is 5.29. The lowest BCUT2D eigenvalue weighted by molar-refractivity contribution is -0.149. The molecule has 0 aromatic heterocycles. The summed E-state index contributed by atoms with van der Waals surface area (Å²) in [6, 6.07) is 7.88. The molecule has 2 atom stereocenters. The Balaban J connectivity index is 2.62. The van der Waals surface area contributed by atoms with Crippen molar-refractivity contribution in [2.24, 2.45) is 5.92 Å². The van der Waals surface area contributed by atoms with Gasteiger partial charge in [-0.05, 0) is 11.6 Å². The molecule has 0 fully saturated rings. The first kappa shape index (κ1) is 12.2. The third kappa shape index (κ3) is 1.65. The maximum atomic E-state index is 11.2. The van der Waals surface area contributed by atoms with Crippen LogP contribution in [0.2, 0.25) is 0 Å². The van der Waals surface area contributed by atoms with Gasteiger partial charge in [-0.1, -0.05) is 36.4 Å². The first-order chi connectivity index (χ1) is 8.48. The minimum Gasteiger partial charge on any atom is -0.506 e. The second-order valence-electron chi connectivity index (χ2n) is 4.04. The number of carboxylic acid groups (broad SMARTS) is 1. The average Bonchev–Trinajstić information content (AvgIpc) is 2.36. The smallest absolute Gasteiger partial charge is 0.314 e. The van der Waals surface area contributed by atoms with Gasteiger partial charge in [-0.25, -0.2) is 0 Å². The summed E-state index contributed by atoms with van der Waals surface area (Å²) >= 11 is 0. The maximum Gasteiger partial charge on any atom is 0.314 e. The zero-order valence-electron chi connectivity index (χ0n) is 9.32. The van der Waals surface area contributed by atoms with Crippen LogP contribution in [0.3, 0.4) is 0 Å². The monoisotopic (exact) mass is 248 g/mol. The van der Waals surface area contributed by atoms with Crippen LogP contribution in [0.1, 0.15) is 5.56 Å². The standard InChI is InChI=1S/C13H12O5/c14-10-7-6-9(12(16)17)13(18,11(10)15)8-4-2-1-3-5-8/h1-7,9,14-15,18H,(H,16,17). The number of benzene rings is 1. The number of aliphatic hydroxyl groups is 3. The predicted molar refractivity (Wildman–Crippen MR) is 62.9 cm³/mol. The van der Waals surface area contributed by atoms with Gasteiger partial charge in [0.15, 0.2) is 17.1 Å². The summed E-state index contributed by atoms with van der Waals surface area (Å²) in [6.07, 6.45) is 2.20. The molecule has 1 aromatic rings. The molecule has 0 radical (unpaired) electrons. The summed E-state index contributed by atoms with van der Waals surface area (Å²) in [7, 11) is 0. The van der Waals surface area contributed by atoms with Crippen LogP contribution >= 0.6 is 0 Å². The van der Waals surface area contributed by atoms with Crippen LogP contribution in [0.4, 0.5) is 0 Å². The van der Waals surface area contributed by atoms with E-state index < -0.39 is 29.0 Å². The third-order valence-electron chi connectivity index (χ3n) is 2.98. The summed E-state index contributed by atoms with van der Waals surface area (Å²) < 4.78 is 0. The minimum absolute atomic E-state index is 0.200. The van der Waals surface area contributed by atoms with E-state index in [0.717, 1.165) is 12.2 Å². The highest BCUT2D eigenvalue weighted by molar-refractivity contribution is 5.76. The van der Waals surface area contributed by atoms with Gasteiger partial charge in [0.25, 0.3) is 0 Å². The van der Waals surface area contributed by atoms with Crippen LogP contribution in [-0.2, 0) is 10.4 Å². The highest BCUT2D eigenvalue weighted by atomic mass is 16.4. The molecule has 0 aliphatic heterocycles. The Kier molecular flexibility index (Phi) is 2.84. The lowest BCUT2D eigenvalue weighted by Crippen LogP contribution is -2.42. The molecule has 0 bridgehead atoms. The fourth-order valence-electron chi connectivity index (χ4n) is 2.02. The van der Waals surface area contributed by atoms with Crippen LogP contribution in [0, 0.1) is 5.92 Å². The number of allylic oxidation sites excluding steroid dienone is 1. The molecule has 1 aliphatic rings. The van der Waals surface area contributed by atoms with E-state index in [1.807, 2.05) is 0 Å². The summed E-state index contributed by atoms with van der Waals surface area (Å²) in [5.74, 6) is -3.96. The molecule has 1 aliphatic carbocycles. The minimum atomic E-state index is -2.16. The molecule has 0 saturated carbocycles. The summed E-state index contributed by atoms with van der Waals surface area (Å²) in [5.41, 5.74) is -1.96. The van der Waals surface area contributed by atoms with E-state index in [-0.39, 0.29) is 5.56 Å². The molecular weight excluding hydrogens is 236 g/mol. The van der Waals surface area contributed by atoms with E-state index in [1.54, 1.807) is 18.2 Å². The van der Waals surface area contributed by atoms with Gasteiger partial charge in [0.05, 0.1) is 0 Å². The van der Waals surface area contributed by atoms with Crippen LogP contribution < -0.4 is 0 Å². The van der Waals surface area contributed by atoms with Crippen molar-refractivity contribution >= 4 is 5.97 Å². The predicted octanol–water partition coefficient (Wildman–Crippen LogP) is 1.47. The number of aliphatic hydroxyl groups excluding tert-OH is 2. The molecule has 4 N–H and O–H groups in total. The highest BCUT2D eigenvalue weighted by Gasteiger charge is 2.48. The van der Waals surface area contributed by atoms with Crippen molar-refractivity contribution in [2.45, 2.75) is 5.60 Å². The molecule has 2 rings (SSSR count). The Bertz CT molecular complexity index is 532. The quantitative estimate of drug-likeness (QED) is 0.635. The molecule has 0 spiro atoms. The molecule has 5 nitrogen and oxygen atoms in total. The van der Waals surface area contributed by atoms with E-state index in [4.69, 9.17) is 5.11 Å². The van der Waals surface area contributed by atoms with Crippen molar-refractivity contribution in [3.05, 3.63) is 59.6 Å². The Morgan fingerprint density at radius 1 is 1.17 bits per heavy atom. The topological polar surface area (TPSA) is 98.0 Å². The Hall–Kier alpha value is -2.27. The van der Waals surface area contributed by atoms with E-state index in [9.17, 15) is 20.1 Å². The number of rotatable bonds is 2. The van der Waals surface area contributed by atoms with Crippen LogP contribution in [0.25, 0.3) is 0 Å². The van der Waals surface area contributed by atoms with Gasteiger partial charge >= 0.3 is 5.97 Å². The molecule has 2 unspecified atom stereocenters. The Morgan fingerprint density at radius 2 is 1.78 bits per heavy atom. The molecule has 5 heteroatoms. The van der Waals surface area contributed by atoms with Crippen molar-refractivity contribution in [1.82, 2.24) is 0 Å². The van der Waals surface area contributed by atoms with Gasteiger partial charge in [-0.3, -0.25) is 4.79 Å². The summed E-state index contributed by atoms with van der Waals surface area (Å²) in [5, 5.41) is 38.9. The van der Waals surface area contributed by atoms with E-state index in [1.165, 1.54) is 12.1 Å². The number of carboxylic acids is 1. The van der Waals surface area contributed by atoms with E-state index >= 15 is 0 Å². The second-order valence-corrected chi connectivity index (χ2v) is 4.04. The number of hydrogen-bond acceptors (Lipinski definition) is 4. The van der Waals surface area contributed by atoms with Gasteiger partial charge < -0.3 is 20.4 Å². The molecule has 94 valence electrons. The van der Waals surface area contributed by atoms with Crippen LogP contribution in [0.15, 0.2) is 54.0 Å². The van der Waals surface area contributed by atoms with Crippen molar-refractivity contribution in [3.8, 4) is 0 Å². The Morgan fingerprint density at radius 3 is 2.33 bits per heavy atom. The number of hydrogen-bond donors (Lipinski definition) is 4. The fraction of sp³-hybridized carbons (Fsp3) is 0.154. The van der Waals surface area contributed by atoms with Gasteiger partial charge in [0.2, 0.25) is 0 Å². The van der Waals surface area contributed by atoms with Crippen LogP contribution in [-0.4, -0.2) is 26.4 Å². The Labute approximate surface area is 103 Å². The molecule has 18 heavy (non-hydrogen) atoms. The van der Waals surface area contributed by atoms with E-state index in [2.05, 4.69) is 0 Å². The lowest BCUT2D eigenvalue weighted by Gasteiger charge is -2.34. The maximum absolute atomic E-state index is 11.2. The zero-order valence-corrected chi connectivity index (χ0v) is 9.32.